The average Bonchev–Trinajstić information content (AvgIpc) is 2.77. The highest BCUT2D eigenvalue weighted by molar-refractivity contribution is 7.98. The van der Waals surface area contributed by atoms with Gasteiger partial charge in [0.15, 0.2) is 5.16 Å². The van der Waals surface area contributed by atoms with Crippen LogP contribution in [0.5, 0.6) is 5.75 Å². The molecule has 0 aliphatic heterocycles. The smallest absolute Gasteiger partial charge is 0.290 e. The lowest BCUT2D eigenvalue weighted by atomic mass is 10.1. The summed E-state index contributed by atoms with van der Waals surface area (Å²) in [6.07, 6.45) is 1.71. The van der Waals surface area contributed by atoms with Gasteiger partial charge < -0.3 is 5.11 Å². The van der Waals surface area contributed by atoms with Gasteiger partial charge in [-0.1, -0.05) is 23.4 Å². The number of hydrogen-bond acceptors (Lipinski definition) is 4. The third-order valence-corrected chi connectivity index (χ3v) is 4.28. The molecule has 21 heavy (non-hydrogen) atoms. The average molecular weight is 329 g/mol. The first-order valence-corrected chi connectivity index (χ1v) is 7.85. The van der Waals surface area contributed by atoms with E-state index in [1.165, 1.54) is 23.9 Å². The summed E-state index contributed by atoms with van der Waals surface area (Å²) < 4.78 is 27.9. The summed E-state index contributed by atoms with van der Waals surface area (Å²) in [6, 6.07) is 4.57. The van der Waals surface area contributed by atoms with Crippen molar-refractivity contribution in [2.45, 2.75) is 23.9 Å². The minimum atomic E-state index is -2.92. The number of aromatic hydroxyl groups is 1. The number of alkyl halides is 2. The molecule has 1 aromatic heterocycles. The molecule has 0 amide bonds. The van der Waals surface area contributed by atoms with Gasteiger partial charge in [0.2, 0.25) is 0 Å². The number of halogens is 3. The fraction of sp³-hybridized carbons (Fsp3) is 0.286. The van der Waals surface area contributed by atoms with Gasteiger partial charge in [-0.05, 0) is 30.9 Å². The maximum Gasteiger partial charge on any atom is 0.290 e. The molecule has 1 aromatic carbocycles. The molecule has 7 heteroatoms. The molecule has 0 atom stereocenters. The molecule has 3 nitrogen and oxygen atoms in total. The maximum atomic E-state index is 13.9. The highest BCUT2D eigenvalue weighted by Crippen LogP contribution is 2.44. The summed E-state index contributed by atoms with van der Waals surface area (Å²) in [5.74, 6) is -2.97. The third kappa shape index (κ3) is 2.46. The number of hydrogen-bond donors (Lipinski definition) is 1. The van der Waals surface area contributed by atoms with Crippen molar-refractivity contribution in [1.82, 2.24) is 9.97 Å². The van der Waals surface area contributed by atoms with E-state index < -0.39 is 5.92 Å². The van der Waals surface area contributed by atoms with Crippen molar-refractivity contribution in [3.63, 3.8) is 0 Å². The van der Waals surface area contributed by atoms with Crippen LogP contribution < -0.4 is 0 Å². The Bertz CT molecular complexity index is 724. The van der Waals surface area contributed by atoms with E-state index >= 15 is 0 Å². The number of benzene rings is 1. The van der Waals surface area contributed by atoms with Gasteiger partial charge in [0.25, 0.3) is 5.92 Å². The van der Waals surface area contributed by atoms with Crippen LogP contribution in [0.15, 0.2) is 23.4 Å². The fourth-order valence-electron chi connectivity index (χ4n) is 2.39. The predicted molar refractivity (Wildman–Crippen MR) is 78.1 cm³/mol. The molecule has 110 valence electrons. The zero-order valence-corrected chi connectivity index (χ0v) is 12.6. The van der Waals surface area contributed by atoms with Crippen molar-refractivity contribution >= 4 is 23.4 Å². The Labute approximate surface area is 129 Å². The topological polar surface area (TPSA) is 46.0 Å². The molecular weight excluding hydrogens is 318 g/mol. The molecular formula is C14H11ClF2N2OS. The van der Waals surface area contributed by atoms with Crippen molar-refractivity contribution < 1.29 is 13.9 Å². The van der Waals surface area contributed by atoms with Gasteiger partial charge in [-0.15, -0.1) is 0 Å². The third-order valence-electron chi connectivity index (χ3n) is 3.43. The summed E-state index contributed by atoms with van der Waals surface area (Å²) >= 11 is 7.11. The van der Waals surface area contributed by atoms with E-state index in [-0.39, 0.29) is 29.3 Å². The quantitative estimate of drug-likeness (QED) is 0.661. The summed E-state index contributed by atoms with van der Waals surface area (Å²) in [5.41, 5.74) is 1.33. The molecule has 1 aliphatic rings. The van der Waals surface area contributed by atoms with Crippen molar-refractivity contribution in [3.05, 3.63) is 34.5 Å². The van der Waals surface area contributed by atoms with Gasteiger partial charge >= 0.3 is 0 Å². The first-order chi connectivity index (χ1) is 9.92. The van der Waals surface area contributed by atoms with Crippen LogP contribution in [0, 0.1) is 0 Å². The molecule has 0 bridgehead atoms. The second-order valence-corrected chi connectivity index (χ2v) is 5.94. The van der Waals surface area contributed by atoms with Gasteiger partial charge in [-0.2, -0.15) is 8.78 Å². The lowest BCUT2D eigenvalue weighted by molar-refractivity contribution is -0.00650. The lowest BCUT2D eigenvalue weighted by Crippen LogP contribution is -2.11. The van der Waals surface area contributed by atoms with E-state index in [0.29, 0.717) is 22.0 Å². The molecule has 3 rings (SSSR count). The number of phenols is 1. The van der Waals surface area contributed by atoms with E-state index in [4.69, 9.17) is 11.6 Å². The van der Waals surface area contributed by atoms with Gasteiger partial charge in [0, 0.05) is 17.5 Å². The number of thioether (sulfide) groups is 1. The van der Waals surface area contributed by atoms with Crippen LogP contribution in [-0.4, -0.2) is 21.3 Å². The number of fused-ring (bicyclic) bond motifs is 1. The van der Waals surface area contributed by atoms with Crippen LogP contribution in [0.2, 0.25) is 5.02 Å². The van der Waals surface area contributed by atoms with Crippen molar-refractivity contribution in [2.75, 3.05) is 6.26 Å². The highest BCUT2D eigenvalue weighted by atomic mass is 35.5. The Morgan fingerprint density at radius 2 is 2.10 bits per heavy atom. The SMILES string of the molecule is CSc1nc(-c2ccc(O)c(Cl)c2)c2c(n1)C(F)(F)CC2. The number of phenolic OH excluding ortho intramolecular Hbond substituents is 1. The molecule has 0 saturated heterocycles. The van der Waals surface area contributed by atoms with E-state index in [0.717, 1.165) is 0 Å². The van der Waals surface area contributed by atoms with Crippen LogP contribution >= 0.6 is 23.4 Å². The Morgan fingerprint density at radius 1 is 1.33 bits per heavy atom. The summed E-state index contributed by atoms with van der Waals surface area (Å²) in [4.78, 5) is 8.32. The van der Waals surface area contributed by atoms with E-state index in [9.17, 15) is 13.9 Å². The lowest BCUT2D eigenvalue weighted by Gasteiger charge is -2.12. The second-order valence-electron chi connectivity index (χ2n) is 4.76. The Balaban J connectivity index is 2.23. The van der Waals surface area contributed by atoms with Crippen molar-refractivity contribution in [3.8, 4) is 17.0 Å². The Hall–Kier alpha value is -1.40. The largest absolute Gasteiger partial charge is 0.506 e. The van der Waals surface area contributed by atoms with Crippen LogP contribution in [0.3, 0.4) is 0 Å². The van der Waals surface area contributed by atoms with Gasteiger partial charge in [0.05, 0.1) is 10.7 Å². The van der Waals surface area contributed by atoms with Crippen molar-refractivity contribution in [2.24, 2.45) is 0 Å². The Morgan fingerprint density at radius 3 is 2.76 bits per heavy atom. The maximum absolute atomic E-state index is 13.9. The first kappa shape index (κ1) is 14.5. The number of rotatable bonds is 2. The highest BCUT2D eigenvalue weighted by Gasteiger charge is 2.43. The molecule has 0 unspecified atom stereocenters. The normalized spacial score (nSPS) is 16.0. The zero-order chi connectivity index (χ0) is 15.2. The second kappa shape index (κ2) is 5.10. The molecule has 1 aliphatic carbocycles. The summed E-state index contributed by atoms with van der Waals surface area (Å²) in [5, 5.41) is 9.94. The predicted octanol–water partition coefficient (Wildman–Crippen LogP) is 4.26. The van der Waals surface area contributed by atoms with E-state index in [1.54, 1.807) is 12.3 Å². The van der Waals surface area contributed by atoms with Gasteiger partial charge in [-0.3, -0.25) is 0 Å². The summed E-state index contributed by atoms with van der Waals surface area (Å²) in [6.45, 7) is 0. The number of aromatic nitrogens is 2. The van der Waals surface area contributed by atoms with Crippen LogP contribution in [0.25, 0.3) is 11.3 Å². The minimum absolute atomic E-state index is 0.0541. The van der Waals surface area contributed by atoms with Crippen LogP contribution in [0.1, 0.15) is 17.7 Å². The molecule has 1 N–H and O–H groups in total. The van der Waals surface area contributed by atoms with Crippen LogP contribution in [0.4, 0.5) is 8.78 Å². The van der Waals surface area contributed by atoms with Crippen LogP contribution in [-0.2, 0) is 12.3 Å². The minimum Gasteiger partial charge on any atom is -0.506 e. The molecule has 1 heterocycles. The zero-order valence-electron chi connectivity index (χ0n) is 11.0. The molecule has 0 saturated carbocycles. The van der Waals surface area contributed by atoms with E-state index in [1.807, 2.05) is 0 Å². The standard InChI is InChI=1S/C14H11ClF2N2OS/c1-21-13-18-11(7-2-3-10(20)9(15)6-7)8-4-5-14(16,17)12(8)19-13/h2-3,6,20H,4-5H2,1H3. The summed E-state index contributed by atoms with van der Waals surface area (Å²) in [7, 11) is 0. The molecule has 0 radical (unpaired) electrons. The molecule has 2 aromatic rings. The number of nitrogens with zero attached hydrogens (tertiary/aromatic N) is 2. The monoisotopic (exact) mass is 328 g/mol. The Kier molecular flexibility index (Phi) is 3.53. The van der Waals surface area contributed by atoms with Gasteiger partial charge in [0.1, 0.15) is 11.4 Å². The molecule has 0 fully saturated rings. The van der Waals surface area contributed by atoms with E-state index in [2.05, 4.69) is 9.97 Å². The first-order valence-electron chi connectivity index (χ1n) is 6.24. The van der Waals surface area contributed by atoms with Crippen molar-refractivity contribution in [1.29, 1.82) is 0 Å². The molecule has 0 spiro atoms. The fourth-order valence-corrected chi connectivity index (χ4v) is 2.93. The van der Waals surface area contributed by atoms with Gasteiger partial charge in [-0.25, -0.2) is 9.97 Å².